The molecule has 78 valence electrons. The van der Waals surface area contributed by atoms with E-state index in [2.05, 4.69) is 0 Å². The second-order valence-corrected chi connectivity index (χ2v) is 3.64. The van der Waals surface area contributed by atoms with Crippen molar-refractivity contribution in [2.24, 2.45) is 5.73 Å². The number of alkyl halides is 4. The fraction of sp³-hybridized carbons (Fsp3) is 1.00. The molecule has 0 atom stereocenters. The molecule has 2 N–H and O–H groups in total. The number of hydrogen-bond donors (Lipinski definition) is 1. The summed E-state index contributed by atoms with van der Waals surface area (Å²) in [5, 5.41) is 0. The summed E-state index contributed by atoms with van der Waals surface area (Å²) in [5.41, 5.74) is 3.32. The molecule has 1 aliphatic carbocycles. The second-order valence-electron chi connectivity index (χ2n) is 3.64. The van der Waals surface area contributed by atoms with Gasteiger partial charge in [0.15, 0.2) is 0 Å². The van der Waals surface area contributed by atoms with Gasteiger partial charge in [-0.3, -0.25) is 0 Å². The number of rotatable bonds is 2. The molecule has 5 heteroatoms. The molecule has 0 aromatic heterocycles. The fourth-order valence-electron chi connectivity index (χ4n) is 1.73. The Morgan fingerprint density at radius 2 is 1.54 bits per heavy atom. The first-order valence-corrected chi connectivity index (χ1v) is 4.35. The molecule has 0 aromatic rings. The maximum absolute atomic E-state index is 12.9. The Bertz CT molecular complexity index is 175. The minimum absolute atomic E-state index is 0.00958. The predicted molar refractivity (Wildman–Crippen MR) is 41.0 cm³/mol. The van der Waals surface area contributed by atoms with E-state index < -0.39 is 17.9 Å². The van der Waals surface area contributed by atoms with E-state index in [0.717, 1.165) is 6.42 Å². The Morgan fingerprint density at radius 3 is 1.92 bits per heavy atom. The summed E-state index contributed by atoms with van der Waals surface area (Å²) in [7, 11) is 0. The average molecular weight is 199 g/mol. The van der Waals surface area contributed by atoms with Crippen LogP contribution in [0.4, 0.5) is 17.6 Å². The van der Waals surface area contributed by atoms with E-state index in [1.807, 2.05) is 0 Å². The van der Waals surface area contributed by atoms with E-state index >= 15 is 0 Å². The van der Waals surface area contributed by atoms with Gasteiger partial charge in [-0.15, -0.1) is 0 Å². The van der Waals surface area contributed by atoms with Crippen LogP contribution in [-0.2, 0) is 0 Å². The highest BCUT2D eigenvalue weighted by molar-refractivity contribution is 5.00. The summed E-state index contributed by atoms with van der Waals surface area (Å²) in [4.78, 5) is 0. The zero-order valence-corrected chi connectivity index (χ0v) is 7.20. The van der Waals surface area contributed by atoms with Crippen LogP contribution in [0.5, 0.6) is 0 Å². The van der Waals surface area contributed by atoms with Crippen LogP contribution in [0.15, 0.2) is 0 Å². The van der Waals surface area contributed by atoms with Crippen molar-refractivity contribution in [3.8, 4) is 0 Å². The van der Waals surface area contributed by atoms with Gasteiger partial charge in [0.2, 0.25) is 0 Å². The zero-order valence-electron chi connectivity index (χ0n) is 7.20. The van der Waals surface area contributed by atoms with Crippen molar-refractivity contribution in [2.45, 2.75) is 50.0 Å². The Hall–Kier alpha value is -0.320. The van der Waals surface area contributed by atoms with Gasteiger partial charge in [-0.25, -0.2) is 8.78 Å². The Labute approximate surface area is 74.3 Å². The molecule has 1 nitrogen and oxygen atoms in total. The van der Waals surface area contributed by atoms with Crippen LogP contribution in [0.2, 0.25) is 0 Å². The first-order chi connectivity index (χ1) is 5.90. The largest absolute Gasteiger partial charge is 0.324 e. The molecule has 0 heterocycles. The Balaban J connectivity index is 2.76. The van der Waals surface area contributed by atoms with Crippen molar-refractivity contribution in [3.05, 3.63) is 0 Å². The van der Waals surface area contributed by atoms with E-state index in [4.69, 9.17) is 5.73 Å². The second kappa shape index (κ2) is 3.44. The van der Waals surface area contributed by atoms with E-state index in [9.17, 15) is 17.6 Å². The van der Waals surface area contributed by atoms with Crippen molar-refractivity contribution in [1.29, 1.82) is 0 Å². The number of hydrogen-bond acceptors (Lipinski definition) is 1. The van der Waals surface area contributed by atoms with Crippen LogP contribution < -0.4 is 5.73 Å². The van der Waals surface area contributed by atoms with Gasteiger partial charge >= 0.3 is 12.3 Å². The third-order valence-electron chi connectivity index (χ3n) is 2.68. The van der Waals surface area contributed by atoms with Crippen LogP contribution in [0, 0.1) is 0 Å². The van der Waals surface area contributed by atoms with Crippen LogP contribution >= 0.6 is 0 Å². The molecular weight excluding hydrogens is 186 g/mol. The maximum Gasteiger partial charge on any atom is 0.324 e. The first-order valence-electron chi connectivity index (χ1n) is 4.35. The van der Waals surface area contributed by atoms with Crippen molar-refractivity contribution >= 4 is 0 Å². The van der Waals surface area contributed by atoms with Crippen molar-refractivity contribution < 1.29 is 17.6 Å². The molecule has 0 unspecified atom stereocenters. The SMILES string of the molecule is NC1(C(F)(F)C(F)F)CCCCC1. The first kappa shape index (κ1) is 10.8. The molecule has 0 spiro atoms. The molecular formula is C8H13F4N. The average Bonchev–Trinajstić information content (AvgIpc) is 2.05. The number of nitrogens with two attached hydrogens (primary N) is 1. The van der Waals surface area contributed by atoms with Crippen molar-refractivity contribution in [2.75, 3.05) is 0 Å². The van der Waals surface area contributed by atoms with Crippen LogP contribution in [-0.4, -0.2) is 17.9 Å². The van der Waals surface area contributed by atoms with E-state index in [1.165, 1.54) is 0 Å². The highest BCUT2D eigenvalue weighted by Gasteiger charge is 2.57. The molecule has 0 saturated heterocycles. The Morgan fingerprint density at radius 1 is 1.08 bits per heavy atom. The molecule has 1 saturated carbocycles. The molecule has 0 aliphatic heterocycles. The smallest absolute Gasteiger partial charge is 0.320 e. The standard InChI is InChI=1S/C8H13F4N/c9-6(10)8(11,12)7(13)4-2-1-3-5-7/h6H,1-5,13H2. The third-order valence-corrected chi connectivity index (χ3v) is 2.68. The van der Waals surface area contributed by atoms with E-state index in [1.54, 1.807) is 0 Å². The predicted octanol–water partition coefficient (Wildman–Crippen LogP) is 2.55. The summed E-state index contributed by atoms with van der Waals surface area (Å²) in [6, 6.07) is 0. The van der Waals surface area contributed by atoms with Crippen molar-refractivity contribution in [3.63, 3.8) is 0 Å². The summed E-state index contributed by atoms with van der Waals surface area (Å²) in [5.74, 6) is -4.05. The topological polar surface area (TPSA) is 26.0 Å². The van der Waals surface area contributed by atoms with Gasteiger partial charge in [0.1, 0.15) is 0 Å². The van der Waals surface area contributed by atoms with Gasteiger partial charge in [-0.1, -0.05) is 19.3 Å². The van der Waals surface area contributed by atoms with E-state index in [0.29, 0.717) is 12.8 Å². The minimum Gasteiger partial charge on any atom is -0.320 e. The number of halogens is 4. The third kappa shape index (κ3) is 1.80. The molecule has 1 aliphatic rings. The molecule has 0 amide bonds. The fourth-order valence-corrected chi connectivity index (χ4v) is 1.73. The highest BCUT2D eigenvalue weighted by Crippen LogP contribution is 2.41. The van der Waals surface area contributed by atoms with Gasteiger partial charge in [0, 0.05) is 0 Å². The van der Waals surface area contributed by atoms with Gasteiger partial charge in [0.05, 0.1) is 5.54 Å². The minimum atomic E-state index is -4.05. The summed E-state index contributed by atoms with van der Waals surface area (Å²) < 4.78 is 49.9. The lowest BCUT2D eigenvalue weighted by Gasteiger charge is -2.39. The van der Waals surface area contributed by atoms with Gasteiger partial charge < -0.3 is 5.73 Å². The van der Waals surface area contributed by atoms with Gasteiger partial charge in [0.25, 0.3) is 0 Å². The van der Waals surface area contributed by atoms with Gasteiger partial charge in [-0.05, 0) is 12.8 Å². The molecule has 0 bridgehead atoms. The van der Waals surface area contributed by atoms with Crippen molar-refractivity contribution in [1.82, 2.24) is 0 Å². The molecule has 1 rings (SSSR count). The molecule has 1 fully saturated rings. The summed E-state index contributed by atoms with van der Waals surface area (Å²) >= 11 is 0. The van der Waals surface area contributed by atoms with Crippen LogP contribution in [0.1, 0.15) is 32.1 Å². The quantitative estimate of drug-likeness (QED) is 0.679. The van der Waals surface area contributed by atoms with Gasteiger partial charge in [-0.2, -0.15) is 8.78 Å². The molecule has 0 radical (unpaired) electrons. The zero-order chi connectivity index (χ0) is 10.1. The summed E-state index contributed by atoms with van der Waals surface area (Å²) in [6.07, 6.45) is -1.85. The van der Waals surface area contributed by atoms with E-state index in [-0.39, 0.29) is 12.8 Å². The lowest BCUT2D eigenvalue weighted by atomic mass is 9.78. The monoisotopic (exact) mass is 199 g/mol. The summed E-state index contributed by atoms with van der Waals surface area (Å²) in [6.45, 7) is 0. The highest BCUT2D eigenvalue weighted by atomic mass is 19.3. The molecule has 0 aromatic carbocycles. The lowest BCUT2D eigenvalue weighted by Crippen LogP contribution is -2.60. The Kier molecular flexibility index (Phi) is 2.85. The normalized spacial score (nSPS) is 23.5. The van der Waals surface area contributed by atoms with Crippen LogP contribution in [0.3, 0.4) is 0 Å². The lowest BCUT2D eigenvalue weighted by molar-refractivity contribution is -0.182. The maximum atomic E-state index is 12.9. The van der Waals surface area contributed by atoms with Crippen LogP contribution in [0.25, 0.3) is 0 Å². The molecule has 13 heavy (non-hydrogen) atoms.